The minimum atomic E-state index is -0.133. The van der Waals surface area contributed by atoms with Crippen molar-refractivity contribution in [1.82, 2.24) is 5.32 Å². The zero-order valence-corrected chi connectivity index (χ0v) is 14.8. The molecule has 1 aromatic carbocycles. The Hall–Kier alpha value is -1.96. The fraction of sp³-hybridized carbons (Fsp3) is 0.467. The number of hydrogen-bond donors (Lipinski definition) is 1. The quantitative estimate of drug-likeness (QED) is 0.289. The van der Waals surface area contributed by atoms with Gasteiger partial charge in [-0.15, -0.1) is 0 Å². The number of rotatable bonds is 10. The second-order valence-corrected chi connectivity index (χ2v) is 5.66. The zero-order chi connectivity index (χ0) is 17.2. The Morgan fingerprint density at radius 1 is 1.52 bits per heavy atom. The van der Waals surface area contributed by atoms with Gasteiger partial charge in [-0.25, -0.2) is 4.84 Å². The molecule has 0 aliphatic carbocycles. The largest absolute Gasteiger partial charge is 0.359 e. The molecule has 0 aromatic heterocycles. The summed E-state index contributed by atoms with van der Waals surface area (Å²) in [5.74, 6) is -0.0625. The number of carbonyl (C=O) groups excluding carboxylic acids is 2. The van der Waals surface area contributed by atoms with Crippen molar-refractivity contribution in [3.05, 3.63) is 29.2 Å². The van der Waals surface area contributed by atoms with Crippen LogP contribution in [0.5, 0.6) is 0 Å². The van der Waals surface area contributed by atoms with Gasteiger partial charge in [0.25, 0.3) is 4.92 Å². The van der Waals surface area contributed by atoms with E-state index in [1.165, 1.54) is 7.11 Å². The Bertz CT molecular complexity index is 553. The van der Waals surface area contributed by atoms with Gasteiger partial charge in [0.2, 0.25) is 12.3 Å². The molecule has 8 heteroatoms. The minimum Gasteiger partial charge on any atom is -0.359 e. The standard InChI is InChI=1S/C15H20BrN3O4/c1-12(7-9-17-11-20)18(15(21)6-8-16)13-4-3-5-14(10-13)19(22)23-2/h3-5,10-12H,6-9H2,1-2H3/p+1. The molecule has 0 radical (unpaired) electrons. The monoisotopic (exact) mass is 386 g/mol. The van der Waals surface area contributed by atoms with Crippen molar-refractivity contribution in [3.63, 3.8) is 0 Å². The Labute approximate surface area is 143 Å². The van der Waals surface area contributed by atoms with Crippen LogP contribution in [-0.2, 0) is 14.4 Å². The first-order valence-electron chi connectivity index (χ1n) is 7.21. The summed E-state index contributed by atoms with van der Waals surface area (Å²) in [6.45, 7) is 2.37. The maximum absolute atomic E-state index is 12.5. The van der Waals surface area contributed by atoms with E-state index in [1.54, 1.807) is 29.2 Å². The van der Waals surface area contributed by atoms with E-state index in [0.29, 0.717) is 47.4 Å². The predicted molar refractivity (Wildman–Crippen MR) is 90.8 cm³/mol. The van der Waals surface area contributed by atoms with E-state index in [9.17, 15) is 14.5 Å². The normalized spacial score (nSPS) is 11.4. The van der Waals surface area contributed by atoms with E-state index in [4.69, 9.17) is 0 Å². The average molecular weight is 387 g/mol. The molecule has 23 heavy (non-hydrogen) atoms. The first-order chi connectivity index (χ1) is 11.0. The molecule has 0 spiro atoms. The topological polar surface area (TPSA) is 78.7 Å². The van der Waals surface area contributed by atoms with E-state index in [1.807, 2.05) is 6.92 Å². The van der Waals surface area contributed by atoms with E-state index >= 15 is 0 Å². The van der Waals surface area contributed by atoms with Gasteiger partial charge in [0.15, 0.2) is 7.11 Å². The van der Waals surface area contributed by atoms with Crippen LogP contribution in [0.4, 0.5) is 11.4 Å². The number of carbonyl (C=O) groups is 2. The molecule has 0 saturated heterocycles. The number of nitrogens with zero attached hydrogens (tertiary/aromatic N) is 2. The lowest BCUT2D eigenvalue weighted by Gasteiger charge is -2.29. The molecule has 1 rings (SSSR count). The van der Waals surface area contributed by atoms with Gasteiger partial charge in [-0.3, -0.25) is 9.59 Å². The fourth-order valence-corrected chi connectivity index (χ4v) is 2.53. The van der Waals surface area contributed by atoms with Gasteiger partial charge in [-0.05, 0) is 19.4 Å². The van der Waals surface area contributed by atoms with E-state index < -0.39 is 0 Å². The summed E-state index contributed by atoms with van der Waals surface area (Å²) in [6.07, 6.45) is 1.56. The summed E-state index contributed by atoms with van der Waals surface area (Å²) < 4.78 is 0. The molecule has 0 bridgehead atoms. The van der Waals surface area contributed by atoms with Crippen LogP contribution in [0.1, 0.15) is 19.8 Å². The number of hydrogen-bond acceptors (Lipinski definition) is 4. The molecule has 0 heterocycles. The summed E-state index contributed by atoms with van der Waals surface area (Å²) in [5, 5.41) is 3.14. The molecule has 126 valence electrons. The third-order valence-corrected chi connectivity index (χ3v) is 3.69. The maximum Gasteiger partial charge on any atom is 0.318 e. The van der Waals surface area contributed by atoms with Gasteiger partial charge in [0.05, 0.1) is 10.6 Å². The lowest BCUT2D eigenvalue weighted by molar-refractivity contribution is -0.736. The van der Waals surface area contributed by atoms with Gasteiger partial charge >= 0.3 is 5.69 Å². The summed E-state index contributed by atoms with van der Waals surface area (Å²) in [5.41, 5.74) is 0.921. The van der Waals surface area contributed by atoms with Crippen LogP contribution in [0.25, 0.3) is 0 Å². The number of anilines is 1. The van der Waals surface area contributed by atoms with Crippen molar-refractivity contribution in [2.75, 3.05) is 23.9 Å². The highest BCUT2D eigenvalue weighted by Gasteiger charge is 2.24. The van der Waals surface area contributed by atoms with Crippen molar-refractivity contribution >= 4 is 39.6 Å². The van der Waals surface area contributed by atoms with Gasteiger partial charge in [-0.2, -0.15) is 0 Å². The maximum atomic E-state index is 12.5. The first kappa shape index (κ1) is 19.1. The number of halogens is 1. The number of benzene rings is 1. The fourth-order valence-electron chi connectivity index (χ4n) is 2.19. The van der Waals surface area contributed by atoms with Gasteiger partial charge in [-0.1, -0.05) is 22.0 Å². The Morgan fingerprint density at radius 2 is 2.26 bits per heavy atom. The molecular formula is C15H21BrN3O4+. The van der Waals surface area contributed by atoms with Crippen molar-refractivity contribution < 1.29 is 19.3 Å². The molecule has 2 amide bonds. The van der Waals surface area contributed by atoms with Gasteiger partial charge in [0, 0.05) is 36.5 Å². The van der Waals surface area contributed by atoms with Crippen LogP contribution >= 0.6 is 15.9 Å². The third-order valence-electron chi connectivity index (χ3n) is 3.29. The predicted octanol–water partition coefficient (Wildman–Crippen LogP) is 2.30. The molecule has 7 nitrogen and oxygen atoms in total. The van der Waals surface area contributed by atoms with Crippen molar-refractivity contribution in [1.29, 1.82) is 0 Å². The highest BCUT2D eigenvalue weighted by atomic mass is 79.9. The van der Waals surface area contributed by atoms with E-state index in [0.717, 1.165) is 0 Å². The molecule has 1 unspecified atom stereocenters. The second kappa shape index (κ2) is 9.94. The summed E-state index contributed by atoms with van der Waals surface area (Å²) >= 11 is 3.27. The van der Waals surface area contributed by atoms with Crippen molar-refractivity contribution in [2.24, 2.45) is 0 Å². The molecule has 0 aliphatic rings. The Balaban J connectivity index is 3.05. The highest BCUT2D eigenvalue weighted by molar-refractivity contribution is 9.09. The summed E-state index contributed by atoms with van der Waals surface area (Å²) in [4.78, 5) is 41.1. The van der Waals surface area contributed by atoms with Crippen molar-refractivity contribution in [3.8, 4) is 0 Å². The van der Waals surface area contributed by atoms with Crippen LogP contribution in [-0.4, -0.2) is 42.3 Å². The summed E-state index contributed by atoms with van der Waals surface area (Å²) in [7, 11) is 1.28. The zero-order valence-electron chi connectivity index (χ0n) is 13.2. The number of nitrogens with one attached hydrogen (secondary N) is 1. The van der Waals surface area contributed by atoms with Crippen LogP contribution in [0.3, 0.4) is 0 Å². The molecule has 0 saturated carbocycles. The van der Waals surface area contributed by atoms with Crippen LogP contribution < -0.4 is 10.2 Å². The molecular weight excluding hydrogens is 366 g/mol. The van der Waals surface area contributed by atoms with Crippen molar-refractivity contribution in [2.45, 2.75) is 25.8 Å². The third kappa shape index (κ3) is 5.63. The van der Waals surface area contributed by atoms with Gasteiger partial charge in [0.1, 0.15) is 0 Å². The highest BCUT2D eigenvalue weighted by Crippen LogP contribution is 2.25. The van der Waals surface area contributed by atoms with Gasteiger partial charge < -0.3 is 10.2 Å². The molecule has 1 atom stereocenters. The van der Waals surface area contributed by atoms with Crippen LogP contribution in [0.2, 0.25) is 0 Å². The lowest BCUT2D eigenvalue weighted by Crippen LogP contribution is -2.40. The molecule has 1 aromatic rings. The number of alkyl halides is 1. The summed E-state index contributed by atoms with van der Waals surface area (Å²) in [6, 6.07) is 6.53. The average Bonchev–Trinajstić information content (AvgIpc) is 2.55. The Morgan fingerprint density at radius 3 is 2.87 bits per heavy atom. The first-order valence-corrected chi connectivity index (χ1v) is 8.33. The minimum absolute atomic E-state index is 0.0625. The molecule has 1 N–H and O–H groups in total. The van der Waals surface area contributed by atoms with E-state index in [2.05, 4.69) is 26.1 Å². The SMILES string of the molecule is CO[N+](=O)c1cccc(N(C(=O)CCBr)C(C)CCNC=O)c1. The van der Waals surface area contributed by atoms with E-state index in [-0.39, 0.29) is 11.9 Å². The van der Waals surface area contributed by atoms with Crippen LogP contribution in [0.15, 0.2) is 24.3 Å². The Kier molecular flexibility index (Phi) is 8.25. The molecule has 0 aliphatic heterocycles. The second-order valence-electron chi connectivity index (χ2n) is 4.87. The molecule has 0 fully saturated rings. The number of amides is 2. The van der Waals surface area contributed by atoms with Crippen LogP contribution in [0, 0.1) is 4.91 Å². The smallest absolute Gasteiger partial charge is 0.318 e. The lowest BCUT2D eigenvalue weighted by atomic mass is 10.1.